The van der Waals surface area contributed by atoms with Gasteiger partial charge in [0.2, 0.25) is 15.9 Å². The fourth-order valence-corrected chi connectivity index (χ4v) is 6.17. The summed E-state index contributed by atoms with van der Waals surface area (Å²) in [5.41, 5.74) is -0.759. The van der Waals surface area contributed by atoms with Gasteiger partial charge in [-0.15, -0.1) is 0 Å². The molecular weight excluding hydrogens is 476 g/mol. The number of anilines is 1. The third-order valence-electron chi connectivity index (χ3n) is 5.92. The number of pyridine rings is 1. The van der Waals surface area contributed by atoms with Gasteiger partial charge < -0.3 is 5.32 Å². The van der Waals surface area contributed by atoms with Crippen molar-refractivity contribution in [1.82, 2.24) is 14.2 Å². The summed E-state index contributed by atoms with van der Waals surface area (Å²) in [4.78, 5) is 17.5. The fourth-order valence-electron chi connectivity index (χ4n) is 4.19. The molecule has 1 aliphatic heterocycles. The number of piperidine rings is 1. The van der Waals surface area contributed by atoms with Crippen molar-refractivity contribution in [2.45, 2.75) is 48.8 Å². The number of sulfonamides is 1. The van der Waals surface area contributed by atoms with Crippen LogP contribution < -0.4 is 5.32 Å². The number of hydrogen-bond donors (Lipinski definition) is 1. The lowest BCUT2D eigenvalue weighted by Gasteiger charge is -2.37. The van der Waals surface area contributed by atoms with Gasteiger partial charge in [0.1, 0.15) is 5.82 Å². The normalized spacial score (nSPS) is 18.3. The van der Waals surface area contributed by atoms with Gasteiger partial charge in [-0.2, -0.15) is 17.5 Å². The fraction of sp³-hybridized carbons (Fsp3) is 0.455. The third kappa shape index (κ3) is 5.73. The molecule has 1 amide bonds. The van der Waals surface area contributed by atoms with Gasteiger partial charge in [-0.1, -0.05) is 6.07 Å². The molecule has 1 aliphatic carbocycles. The zero-order valence-electron chi connectivity index (χ0n) is 18.1. The summed E-state index contributed by atoms with van der Waals surface area (Å²) in [5, 5.41) is 2.57. The highest BCUT2D eigenvalue weighted by atomic mass is 32.2. The minimum absolute atomic E-state index is 0.0487. The standard InChI is InChI=1S/C22H24F4N4O3S/c23-16-11-17(13-27-12-16)28-21(31)14-29-8-6-19(7-9-29)30(18-4-5-18)34(32,33)20-3-1-2-15(10-20)22(24,25)26/h1-3,10-13,18-19H,4-9,14H2,(H,28,31). The second kappa shape index (κ2) is 9.59. The maximum atomic E-state index is 13.3. The molecule has 1 aromatic carbocycles. The second-order valence-electron chi connectivity index (χ2n) is 8.54. The molecule has 2 aromatic rings. The molecule has 1 N–H and O–H groups in total. The summed E-state index contributed by atoms with van der Waals surface area (Å²) in [6.45, 7) is 0.939. The topological polar surface area (TPSA) is 82.6 Å². The van der Waals surface area contributed by atoms with E-state index in [1.807, 2.05) is 4.90 Å². The predicted octanol–water partition coefficient (Wildman–Crippen LogP) is 3.50. The van der Waals surface area contributed by atoms with E-state index in [0.29, 0.717) is 44.8 Å². The Morgan fingerprint density at radius 2 is 1.76 bits per heavy atom. The zero-order chi connectivity index (χ0) is 24.5. The van der Waals surface area contributed by atoms with Crippen molar-refractivity contribution in [3.8, 4) is 0 Å². The molecule has 0 spiro atoms. The Labute approximate surface area is 194 Å². The summed E-state index contributed by atoms with van der Waals surface area (Å²) in [5.74, 6) is -0.915. The highest BCUT2D eigenvalue weighted by Gasteiger charge is 2.44. The average molecular weight is 501 g/mol. The second-order valence-corrected chi connectivity index (χ2v) is 10.4. The summed E-state index contributed by atoms with van der Waals surface area (Å²) in [7, 11) is -4.11. The van der Waals surface area contributed by atoms with E-state index in [9.17, 15) is 30.8 Å². The average Bonchev–Trinajstić information content (AvgIpc) is 3.59. The first kappa shape index (κ1) is 24.6. The van der Waals surface area contributed by atoms with Gasteiger partial charge in [-0.25, -0.2) is 12.8 Å². The molecule has 12 heteroatoms. The molecule has 2 aliphatic rings. The summed E-state index contributed by atoms with van der Waals surface area (Å²) in [6.07, 6.45) is -0.0414. The number of hydrogen-bond acceptors (Lipinski definition) is 5. The van der Waals surface area contributed by atoms with Gasteiger partial charge in [-0.05, 0) is 43.9 Å². The molecule has 0 bridgehead atoms. The minimum Gasteiger partial charge on any atom is -0.324 e. The number of carbonyl (C=O) groups is 1. The van der Waals surface area contributed by atoms with E-state index in [0.717, 1.165) is 24.4 Å². The number of rotatable bonds is 7. The van der Waals surface area contributed by atoms with Crippen LogP contribution in [-0.2, 0) is 21.0 Å². The van der Waals surface area contributed by atoms with Crippen LogP contribution in [0, 0.1) is 5.82 Å². The van der Waals surface area contributed by atoms with Crippen LogP contribution in [0.5, 0.6) is 0 Å². The van der Waals surface area contributed by atoms with E-state index in [2.05, 4.69) is 10.3 Å². The van der Waals surface area contributed by atoms with E-state index < -0.39 is 27.6 Å². The molecular formula is C22H24F4N4O3S. The largest absolute Gasteiger partial charge is 0.416 e. The zero-order valence-corrected chi connectivity index (χ0v) is 18.9. The number of benzene rings is 1. The molecule has 1 aromatic heterocycles. The number of carbonyl (C=O) groups excluding carboxylic acids is 1. The first-order valence-electron chi connectivity index (χ1n) is 10.9. The summed E-state index contributed by atoms with van der Waals surface area (Å²) in [6, 6.07) is 4.41. The predicted molar refractivity (Wildman–Crippen MR) is 116 cm³/mol. The maximum Gasteiger partial charge on any atom is 0.416 e. The van der Waals surface area contributed by atoms with Gasteiger partial charge in [0, 0.05) is 31.2 Å². The molecule has 7 nitrogen and oxygen atoms in total. The highest BCUT2D eigenvalue weighted by molar-refractivity contribution is 7.89. The first-order chi connectivity index (χ1) is 16.0. The molecule has 1 saturated carbocycles. The molecule has 0 unspecified atom stereocenters. The van der Waals surface area contributed by atoms with Crippen molar-refractivity contribution in [3.63, 3.8) is 0 Å². The Bertz CT molecular complexity index is 1150. The van der Waals surface area contributed by atoms with Crippen LogP contribution in [-0.4, -0.2) is 60.2 Å². The Morgan fingerprint density at radius 1 is 1.09 bits per heavy atom. The molecule has 2 heterocycles. The number of amides is 1. The van der Waals surface area contributed by atoms with Crippen LogP contribution >= 0.6 is 0 Å². The van der Waals surface area contributed by atoms with Crippen LogP contribution in [0.3, 0.4) is 0 Å². The van der Waals surface area contributed by atoms with E-state index in [1.165, 1.54) is 16.6 Å². The lowest BCUT2D eigenvalue weighted by atomic mass is 10.0. The van der Waals surface area contributed by atoms with E-state index in [4.69, 9.17) is 0 Å². The molecule has 4 rings (SSSR count). The van der Waals surface area contributed by atoms with Gasteiger partial charge in [0.15, 0.2) is 0 Å². The van der Waals surface area contributed by atoms with Crippen LogP contribution in [0.25, 0.3) is 0 Å². The van der Waals surface area contributed by atoms with Gasteiger partial charge in [-0.3, -0.25) is 14.7 Å². The number of halogens is 4. The summed E-state index contributed by atoms with van der Waals surface area (Å²) < 4.78 is 80.6. The third-order valence-corrected chi connectivity index (χ3v) is 7.92. The van der Waals surface area contributed by atoms with Crippen molar-refractivity contribution >= 4 is 21.6 Å². The molecule has 34 heavy (non-hydrogen) atoms. The van der Waals surface area contributed by atoms with Crippen LogP contribution in [0.15, 0.2) is 47.6 Å². The number of likely N-dealkylation sites (tertiary alicyclic amines) is 1. The first-order valence-corrected chi connectivity index (χ1v) is 12.3. The maximum absolute atomic E-state index is 13.3. The van der Waals surface area contributed by atoms with Crippen LogP contribution in [0.1, 0.15) is 31.2 Å². The van der Waals surface area contributed by atoms with E-state index in [1.54, 1.807) is 0 Å². The molecule has 2 fully saturated rings. The Kier molecular flexibility index (Phi) is 6.92. The molecule has 0 radical (unpaired) electrons. The van der Waals surface area contributed by atoms with Crippen LogP contribution in [0.4, 0.5) is 23.2 Å². The van der Waals surface area contributed by atoms with Crippen LogP contribution in [0.2, 0.25) is 0 Å². The Balaban J connectivity index is 1.40. The molecule has 0 atom stereocenters. The smallest absolute Gasteiger partial charge is 0.324 e. The highest BCUT2D eigenvalue weighted by Crippen LogP contribution is 2.38. The minimum atomic E-state index is -4.64. The van der Waals surface area contributed by atoms with Gasteiger partial charge in [0.05, 0.1) is 35.1 Å². The lowest BCUT2D eigenvalue weighted by Crippen LogP contribution is -2.49. The number of nitrogens with zero attached hydrogens (tertiary/aromatic N) is 3. The van der Waals surface area contributed by atoms with Crippen molar-refractivity contribution in [1.29, 1.82) is 0 Å². The number of alkyl halides is 3. The molecule has 184 valence electrons. The van der Waals surface area contributed by atoms with Crippen molar-refractivity contribution in [3.05, 3.63) is 54.1 Å². The van der Waals surface area contributed by atoms with Crippen molar-refractivity contribution < 1.29 is 30.8 Å². The monoisotopic (exact) mass is 500 g/mol. The molecule has 1 saturated heterocycles. The Morgan fingerprint density at radius 3 is 2.38 bits per heavy atom. The van der Waals surface area contributed by atoms with Crippen molar-refractivity contribution in [2.75, 3.05) is 25.0 Å². The number of nitrogens with one attached hydrogen (secondary N) is 1. The lowest BCUT2D eigenvalue weighted by molar-refractivity contribution is -0.137. The van der Waals surface area contributed by atoms with Gasteiger partial charge >= 0.3 is 6.18 Å². The van der Waals surface area contributed by atoms with E-state index in [-0.39, 0.29) is 35.1 Å². The Hall–Kier alpha value is -2.57. The van der Waals surface area contributed by atoms with Gasteiger partial charge in [0.25, 0.3) is 0 Å². The summed E-state index contributed by atoms with van der Waals surface area (Å²) >= 11 is 0. The SMILES string of the molecule is O=C(CN1CCC(N(C2CC2)S(=O)(=O)c2cccc(C(F)(F)F)c2)CC1)Nc1cncc(F)c1. The van der Waals surface area contributed by atoms with E-state index >= 15 is 0 Å². The number of aromatic nitrogens is 1. The van der Waals surface area contributed by atoms with Crippen molar-refractivity contribution in [2.24, 2.45) is 0 Å². The quantitative estimate of drug-likeness (QED) is 0.589.